The summed E-state index contributed by atoms with van der Waals surface area (Å²) < 4.78 is 6.94. The average molecular weight is 508 g/mol. The van der Waals surface area contributed by atoms with Crippen molar-refractivity contribution in [1.29, 1.82) is 0 Å². The summed E-state index contributed by atoms with van der Waals surface area (Å²) >= 11 is 3.51. The van der Waals surface area contributed by atoms with Crippen LogP contribution in [0.2, 0.25) is 0 Å². The van der Waals surface area contributed by atoms with Crippen molar-refractivity contribution in [2.24, 2.45) is 0 Å². The summed E-state index contributed by atoms with van der Waals surface area (Å²) in [6.45, 7) is 0.682. The van der Waals surface area contributed by atoms with Gasteiger partial charge in [-0.25, -0.2) is 0 Å². The van der Waals surface area contributed by atoms with E-state index in [1.54, 1.807) is 19.2 Å². The molecule has 1 N–H and O–H groups in total. The number of fused-ring (bicyclic) bond motifs is 2. The van der Waals surface area contributed by atoms with E-state index < -0.39 is 17.5 Å². The first kappa shape index (κ1) is 21.6. The van der Waals surface area contributed by atoms with Gasteiger partial charge in [-0.1, -0.05) is 64.5 Å². The van der Waals surface area contributed by atoms with Crippen molar-refractivity contribution in [2.45, 2.75) is 24.1 Å². The Balaban J connectivity index is 1.59. The maximum atomic E-state index is 13.3. The molecule has 1 fully saturated rings. The smallest absolute Gasteiger partial charge is 0.256 e. The molecular formula is C25H22BrN3O4. The van der Waals surface area contributed by atoms with E-state index in [-0.39, 0.29) is 10.8 Å². The molecule has 0 radical (unpaired) electrons. The van der Waals surface area contributed by atoms with Gasteiger partial charge >= 0.3 is 0 Å². The van der Waals surface area contributed by atoms with Gasteiger partial charge in [0.1, 0.15) is 12.4 Å². The molecule has 0 aliphatic carbocycles. The van der Waals surface area contributed by atoms with Gasteiger partial charge in [0, 0.05) is 32.8 Å². The Hall–Kier alpha value is -3.23. The van der Waals surface area contributed by atoms with Crippen LogP contribution in [0.1, 0.15) is 22.6 Å². The molecule has 0 unspecified atom stereocenters. The van der Waals surface area contributed by atoms with Crippen molar-refractivity contribution in [2.75, 3.05) is 18.9 Å². The molecule has 7 nitrogen and oxygen atoms in total. The van der Waals surface area contributed by atoms with Gasteiger partial charge in [0.15, 0.2) is 5.54 Å². The Morgan fingerprint density at radius 2 is 1.88 bits per heavy atom. The number of likely N-dealkylation sites (N-methyl/N-ethyl adjacent to an activating group) is 1. The summed E-state index contributed by atoms with van der Waals surface area (Å²) in [6.07, 6.45) is 0. The Morgan fingerprint density at radius 1 is 1.15 bits per heavy atom. The maximum absolute atomic E-state index is 13.3. The third kappa shape index (κ3) is 3.41. The fourth-order valence-electron chi connectivity index (χ4n) is 5.24. The molecule has 1 saturated heterocycles. The molecule has 168 valence electrons. The maximum Gasteiger partial charge on any atom is 0.256 e. The largest absolute Gasteiger partial charge is 0.489 e. The van der Waals surface area contributed by atoms with Crippen LogP contribution in [0.5, 0.6) is 5.75 Å². The minimum absolute atomic E-state index is 0.308. The monoisotopic (exact) mass is 507 g/mol. The number of nitrogens with zero attached hydrogens (tertiary/aromatic N) is 2. The highest BCUT2D eigenvalue weighted by Gasteiger charge is 2.68. The van der Waals surface area contributed by atoms with Crippen molar-refractivity contribution in [3.05, 3.63) is 104 Å². The zero-order chi connectivity index (χ0) is 23.2. The predicted molar refractivity (Wildman–Crippen MR) is 128 cm³/mol. The molecule has 0 saturated carbocycles. The van der Waals surface area contributed by atoms with Gasteiger partial charge in [0.05, 0.1) is 5.92 Å². The second-order valence-electron chi connectivity index (χ2n) is 8.44. The molecular weight excluding hydrogens is 486 g/mol. The lowest BCUT2D eigenvalue weighted by Crippen LogP contribution is -2.54. The third-order valence-electron chi connectivity index (χ3n) is 6.65. The minimum Gasteiger partial charge on any atom is -0.489 e. The van der Waals surface area contributed by atoms with E-state index in [0.717, 1.165) is 10.0 Å². The summed E-state index contributed by atoms with van der Waals surface area (Å²) in [5, 5.41) is 15.4. The lowest BCUT2D eigenvalue weighted by molar-refractivity contribution is -0.534. The van der Waals surface area contributed by atoms with Gasteiger partial charge in [-0.2, -0.15) is 0 Å². The number of nitrogens with one attached hydrogen (secondary N) is 1. The zero-order valence-electron chi connectivity index (χ0n) is 17.9. The highest BCUT2D eigenvalue weighted by molar-refractivity contribution is 9.10. The van der Waals surface area contributed by atoms with Crippen molar-refractivity contribution in [3.63, 3.8) is 0 Å². The van der Waals surface area contributed by atoms with Crippen molar-refractivity contribution in [3.8, 4) is 5.75 Å². The number of amides is 1. The van der Waals surface area contributed by atoms with Crippen molar-refractivity contribution < 1.29 is 14.5 Å². The molecule has 5 rings (SSSR count). The summed E-state index contributed by atoms with van der Waals surface area (Å²) in [6, 6.07) is 21.3. The number of hydrogen-bond acceptors (Lipinski definition) is 5. The van der Waals surface area contributed by atoms with Gasteiger partial charge in [0.25, 0.3) is 11.9 Å². The Labute approximate surface area is 199 Å². The van der Waals surface area contributed by atoms with E-state index in [2.05, 4.69) is 21.2 Å². The molecule has 3 aromatic rings. The zero-order valence-corrected chi connectivity index (χ0v) is 19.5. The van der Waals surface area contributed by atoms with Crippen molar-refractivity contribution in [1.82, 2.24) is 4.90 Å². The van der Waals surface area contributed by atoms with Crippen LogP contribution in [-0.4, -0.2) is 35.4 Å². The van der Waals surface area contributed by atoms with Crippen LogP contribution in [0.15, 0.2) is 77.3 Å². The average Bonchev–Trinajstić information content (AvgIpc) is 3.28. The Kier molecular flexibility index (Phi) is 5.42. The summed E-state index contributed by atoms with van der Waals surface area (Å²) in [5.74, 6) is -0.335. The first-order valence-corrected chi connectivity index (χ1v) is 11.4. The van der Waals surface area contributed by atoms with Crippen LogP contribution < -0.4 is 10.1 Å². The van der Waals surface area contributed by atoms with E-state index in [1.165, 1.54) is 0 Å². The fraction of sp³-hybridized carbons (Fsp3) is 0.240. The van der Waals surface area contributed by atoms with Crippen LogP contribution in [0.4, 0.5) is 5.69 Å². The van der Waals surface area contributed by atoms with Crippen LogP contribution in [-0.2, 0) is 16.9 Å². The number of carbonyl (C=O) groups is 1. The standard InChI is InChI=1S/C25H22BrN3O4/c1-28-14-19(18-13-17(26)11-12-22(18)33-15-16-7-3-2-4-8-16)23(29(31)32)25(28)20-9-5-6-10-21(20)27-24(25)30/h2-13,19,23H,14-15H2,1H3,(H,27,30)/t19-,23+,25-/m1/s1. The first-order chi connectivity index (χ1) is 15.9. The van der Waals surface area contributed by atoms with Gasteiger partial charge in [-0.15, -0.1) is 0 Å². The Bertz CT molecular complexity index is 1240. The van der Waals surface area contributed by atoms with E-state index in [0.29, 0.717) is 35.7 Å². The highest BCUT2D eigenvalue weighted by Crippen LogP contribution is 2.53. The molecule has 1 amide bonds. The van der Waals surface area contributed by atoms with E-state index in [4.69, 9.17) is 4.74 Å². The second-order valence-corrected chi connectivity index (χ2v) is 9.36. The number of halogens is 1. The summed E-state index contributed by atoms with van der Waals surface area (Å²) in [4.78, 5) is 27.4. The molecule has 3 atom stereocenters. The molecule has 2 aliphatic heterocycles. The molecule has 2 aliphatic rings. The molecule has 8 heteroatoms. The topological polar surface area (TPSA) is 84.7 Å². The van der Waals surface area contributed by atoms with E-state index in [9.17, 15) is 14.9 Å². The third-order valence-corrected chi connectivity index (χ3v) is 7.14. The number of likely N-dealkylation sites (tertiary alicyclic amines) is 1. The van der Waals surface area contributed by atoms with Gasteiger partial charge in [-0.3, -0.25) is 19.8 Å². The number of anilines is 1. The minimum atomic E-state index is -1.39. The summed E-state index contributed by atoms with van der Waals surface area (Å²) in [7, 11) is 1.78. The van der Waals surface area contributed by atoms with Crippen LogP contribution in [0.25, 0.3) is 0 Å². The van der Waals surface area contributed by atoms with Gasteiger partial charge in [0.2, 0.25) is 0 Å². The lowest BCUT2D eigenvalue weighted by Gasteiger charge is -2.30. The molecule has 1 spiro atoms. The quantitative estimate of drug-likeness (QED) is 0.404. The molecule has 3 aromatic carbocycles. The van der Waals surface area contributed by atoms with Crippen LogP contribution in [0.3, 0.4) is 0 Å². The highest BCUT2D eigenvalue weighted by atomic mass is 79.9. The number of hydrogen-bond donors (Lipinski definition) is 1. The number of benzene rings is 3. The first-order valence-electron chi connectivity index (χ1n) is 10.6. The van der Waals surface area contributed by atoms with E-state index >= 15 is 0 Å². The second kappa shape index (κ2) is 8.28. The van der Waals surface area contributed by atoms with Gasteiger partial charge in [-0.05, 0) is 36.9 Å². The van der Waals surface area contributed by atoms with Crippen LogP contribution >= 0.6 is 15.9 Å². The Morgan fingerprint density at radius 3 is 2.64 bits per heavy atom. The number of nitro groups is 1. The normalized spacial score (nSPS) is 24.0. The fourth-order valence-corrected chi connectivity index (χ4v) is 5.62. The summed E-state index contributed by atoms with van der Waals surface area (Å²) in [5.41, 5.74) is 1.59. The molecule has 0 aromatic heterocycles. The molecule has 33 heavy (non-hydrogen) atoms. The lowest BCUT2D eigenvalue weighted by atomic mass is 9.79. The van der Waals surface area contributed by atoms with Crippen LogP contribution in [0, 0.1) is 10.1 Å². The molecule has 2 heterocycles. The number of para-hydroxylation sites is 1. The SMILES string of the molecule is CN1C[C@H](c2cc(Br)ccc2OCc2ccccc2)[C@H]([N+](=O)[O-])[C@]12C(=O)Nc1ccccc12. The van der Waals surface area contributed by atoms with Gasteiger partial charge < -0.3 is 10.1 Å². The number of carbonyl (C=O) groups excluding carboxylic acids is 1. The number of ether oxygens (including phenoxy) is 1. The number of rotatable bonds is 5. The molecule has 0 bridgehead atoms. The van der Waals surface area contributed by atoms with Crippen molar-refractivity contribution >= 4 is 27.5 Å². The van der Waals surface area contributed by atoms with E-state index in [1.807, 2.05) is 65.6 Å². The predicted octanol–water partition coefficient (Wildman–Crippen LogP) is 4.55.